The average molecular weight is 304 g/mol. The maximum atomic E-state index is 9.70. The van der Waals surface area contributed by atoms with E-state index in [1.54, 1.807) is 0 Å². The maximum absolute atomic E-state index is 9.70. The Morgan fingerprint density at radius 3 is 2.41 bits per heavy atom. The molecule has 0 radical (unpaired) electrons. The molecule has 1 saturated heterocycles. The molecule has 4 nitrogen and oxygen atoms in total. The SMILES string of the molecule is CCOc1cccc(C=C(CO)B2OC(C)(C)C(C)(C)O2)c1. The van der Waals surface area contributed by atoms with Crippen LogP contribution in [0.15, 0.2) is 29.7 Å². The minimum absolute atomic E-state index is 0.115. The molecule has 0 amide bonds. The van der Waals surface area contributed by atoms with Crippen LogP contribution in [0, 0.1) is 0 Å². The van der Waals surface area contributed by atoms with Crippen molar-refractivity contribution in [2.45, 2.75) is 45.8 Å². The smallest absolute Gasteiger partial charge is 0.492 e. The van der Waals surface area contributed by atoms with Crippen molar-refractivity contribution in [2.24, 2.45) is 0 Å². The number of aliphatic hydroxyl groups excluding tert-OH is 1. The molecule has 0 aliphatic carbocycles. The Morgan fingerprint density at radius 1 is 1.23 bits per heavy atom. The first kappa shape index (κ1) is 17.1. The first-order valence-corrected chi connectivity index (χ1v) is 7.69. The summed E-state index contributed by atoms with van der Waals surface area (Å²) in [6.45, 7) is 10.4. The monoisotopic (exact) mass is 304 g/mol. The van der Waals surface area contributed by atoms with E-state index in [4.69, 9.17) is 14.0 Å². The van der Waals surface area contributed by atoms with E-state index in [2.05, 4.69) is 0 Å². The van der Waals surface area contributed by atoms with Gasteiger partial charge >= 0.3 is 7.12 Å². The third kappa shape index (κ3) is 3.54. The Balaban J connectivity index is 2.23. The van der Waals surface area contributed by atoms with Crippen molar-refractivity contribution in [3.05, 3.63) is 35.3 Å². The van der Waals surface area contributed by atoms with Crippen LogP contribution >= 0.6 is 0 Å². The number of hydrogen-bond donors (Lipinski definition) is 1. The standard InChI is InChI=1S/C17H25BO4/c1-6-20-15-9-7-8-13(11-15)10-14(12-19)18-21-16(2,3)17(4,5)22-18/h7-11,19H,6,12H2,1-5H3. The first-order valence-electron chi connectivity index (χ1n) is 7.69. The topological polar surface area (TPSA) is 47.9 Å². The molecule has 5 heteroatoms. The molecule has 1 fully saturated rings. The van der Waals surface area contributed by atoms with E-state index < -0.39 is 18.3 Å². The highest BCUT2D eigenvalue weighted by atomic mass is 16.7. The van der Waals surface area contributed by atoms with Gasteiger partial charge in [-0.3, -0.25) is 0 Å². The highest BCUT2D eigenvalue weighted by Crippen LogP contribution is 2.38. The Hall–Kier alpha value is -1.30. The second-order valence-corrected chi connectivity index (χ2v) is 6.47. The van der Waals surface area contributed by atoms with Crippen LogP contribution in [-0.4, -0.2) is 36.6 Å². The van der Waals surface area contributed by atoms with Crippen molar-refractivity contribution in [1.29, 1.82) is 0 Å². The fraction of sp³-hybridized carbons (Fsp3) is 0.529. The fourth-order valence-electron chi connectivity index (χ4n) is 2.26. The quantitative estimate of drug-likeness (QED) is 0.849. The largest absolute Gasteiger partial charge is 0.494 e. The molecule has 0 bridgehead atoms. The minimum atomic E-state index is -0.536. The molecule has 0 spiro atoms. The van der Waals surface area contributed by atoms with Gasteiger partial charge in [-0.15, -0.1) is 0 Å². The van der Waals surface area contributed by atoms with Crippen LogP contribution in [-0.2, 0) is 9.31 Å². The van der Waals surface area contributed by atoms with Crippen LogP contribution in [0.3, 0.4) is 0 Å². The van der Waals surface area contributed by atoms with Gasteiger partial charge in [0.25, 0.3) is 0 Å². The maximum Gasteiger partial charge on any atom is 0.492 e. The number of aliphatic hydroxyl groups is 1. The molecule has 0 unspecified atom stereocenters. The molecule has 2 rings (SSSR count). The summed E-state index contributed by atoms with van der Waals surface area (Å²) in [6, 6.07) is 7.73. The van der Waals surface area contributed by atoms with Crippen LogP contribution in [0.4, 0.5) is 0 Å². The highest BCUT2D eigenvalue weighted by Gasteiger charge is 2.52. The summed E-state index contributed by atoms with van der Waals surface area (Å²) in [5, 5.41) is 9.70. The van der Waals surface area contributed by atoms with Crippen molar-refractivity contribution in [1.82, 2.24) is 0 Å². The zero-order chi connectivity index (χ0) is 16.4. The van der Waals surface area contributed by atoms with Gasteiger partial charge in [-0.2, -0.15) is 0 Å². The van der Waals surface area contributed by atoms with Crippen LogP contribution in [0.25, 0.3) is 6.08 Å². The lowest BCUT2D eigenvalue weighted by Gasteiger charge is -2.32. The summed E-state index contributed by atoms with van der Waals surface area (Å²) in [6.07, 6.45) is 1.89. The normalized spacial score (nSPS) is 20.3. The van der Waals surface area contributed by atoms with Gasteiger partial charge in [0, 0.05) is 0 Å². The molecule has 1 aromatic carbocycles. The van der Waals surface area contributed by atoms with Crippen LogP contribution in [0.1, 0.15) is 40.2 Å². The van der Waals surface area contributed by atoms with E-state index in [1.807, 2.05) is 65.0 Å². The van der Waals surface area contributed by atoms with Crippen LogP contribution in [0.2, 0.25) is 0 Å². The lowest BCUT2D eigenvalue weighted by atomic mass is 9.77. The number of ether oxygens (including phenoxy) is 1. The molecule has 1 aliphatic rings. The van der Waals surface area contributed by atoms with Crippen molar-refractivity contribution < 1.29 is 19.2 Å². The van der Waals surface area contributed by atoms with E-state index in [-0.39, 0.29) is 6.61 Å². The molecule has 0 saturated carbocycles. The Morgan fingerprint density at radius 2 is 1.86 bits per heavy atom. The van der Waals surface area contributed by atoms with Crippen LogP contribution < -0.4 is 4.74 Å². The van der Waals surface area contributed by atoms with Gasteiger partial charge in [-0.25, -0.2) is 0 Å². The number of hydrogen-bond acceptors (Lipinski definition) is 4. The van der Waals surface area contributed by atoms with Crippen molar-refractivity contribution in [2.75, 3.05) is 13.2 Å². The second-order valence-electron chi connectivity index (χ2n) is 6.47. The molecule has 0 aromatic heterocycles. The molecule has 1 aromatic rings. The van der Waals surface area contributed by atoms with Gasteiger partial charge in [0.15, 0.2) is 0 Å². The highest BCUT2D eigenvalue weighted by molar-refractivity contribution is 6.55. The van der Waals surface area contributed by atoms with Gasteiger partial charge in [0.05, 0.1) is 24.4 Å². The summed E-state index contributed by atoms with van der Waals surface area (Å²) in [5.74, 6) is 0.808. The number of rotatable bonds is 5. The van der Waals surface area contributed by atoms with Crippen LogP contribution in [0.5, 0.6) is 5.75 Å². The molecular weight excluding hydrogens is 279 g/mol. The summed E-state index contributed by atoms with van der Waals surface area (Å²) >= 11 is 0. The van der Waals surface area contributed by atoms with Gasteiger partial charge in [-0.1, -0.05) is 18.2 Å². The lowest BCUT2D eigenvalue weighted by Crippen LogP contribution is -2.41. The Labute approximate surface area is 133 Å². The fourth-order valence-corrected chi connectivity index (χ4v) is 2.26. The molecule has 1 N–H and O–H groups in total. The zero-order valence-corrected chi connectivity index (χ0v) is 14.1. The Bertz CT molecular complexity index is 535. The average Bonchev–Trinajstić information content (AvgIpc) is 2.65. The molecule has 120 valence electrons. The zero-order valence-electron chi connectivity index (χ0n) is 14.1. The van der Waals surface area contributed by atoms with Crippen molar-refractivity contribution >= 4 is 13.2 Å². The molecule has 0 atom stereocenters. The lowest BCUT2D eigenvalue weighted by molar-refractivity contribution is 0.00578. The molecule has 1 aliphatic heterocycles. The van der Waals surface area contributed by atoms with E-state index in [0.717, 1.165) is 11.3 Å². The predicted octanol–water partition coefficient (Wildman–Crippen LogP) is 3.09. The molecule has 22 heavy (non-hydrogen) atoms. The summed E-state index contributed by atoms with van der Waals surface area (Å²) in [5.41, 5.74) is 0.815. The van der Waals surface area contributed by atoms with E-state index in [9.17, 15) is 5.11 Å². The molecule has 1 heterocycles. The van der Waals surface area contributed by atoms with Crippen molar-refractivity contribution in [3.63, 3.8) is 0 Å². The number of benzene rings is 1. The summed E-state index contributed by atoms with van der Waals surface area (Å²) in [4.78, 5) is 0. The van der Waals surface area contributed by atoms with Crippen molar-refractivity contribution in [3.8, 4) is 5.75 Å². The summed E-state index contributed by atoms with van der Waals surface area (Å²) < 4.78 is 17.5. The summed E-state index contributed by atoms with van der Waals surface area (Å²) in [7, 11) is -0.536. The minimum Gasteiger partial charge on any atom is -0.494 e. The van der Waals surface area contributed by atoms with Gasteiger partial charge in [-0.05, 0) is 57.8 Å². The van der Waals surface area contributed by atoms with Gasteiger partial charge < -0.3 is 19.2 Å². The predicted molar refractivity (Wildman–Crippen MR) is 88.8 cm³/mol. The molecular formula is C17H25BO4. The van der Waals surface area contributed by atoms with Gasteiger partial charge in [0.2, 0.25) is 0 Å². The van der Waals surface area contributed by atoms with E-state index >= 15 is 0 Å². The third-order valence-corrected chi connectivity index (χ3v) is 4.26. The second kappa shape index (κ2) is 6.45. The van der Waals surface area contributed by atoms with Gasteiger partial charge in [0.1, 0.15) is 5.75 Å². The first-order chi connectivity index (χ1) is 10.3. The third-order valence-electron chi connectivity index (χ3n) is 4.26. The van der Waals surface area contributed by atoms with E-state index in [1.165, 1.54) is 0 Å². The Kier molecular flexibility index (Phi) is 5.00. The van der Waals surface area contributed by atoms with E-state index in [0.29, 0.717) is 12.1 Å².